The van der Waals surface area contributed by atoms with Crippen molar-refractivity contribution >= 4 is 32.0 Å². The third-order valence-corrected chi connectivity index (χ3v) is 7.39. The fourth-order valence-corrected chi connectivity index (χ4v) is 5.48. The minimum absolute atomic E-state index is 0.271. The number of oxazole rings is 1. The highest BCUT2D eigenvalue weighted by Gasteiger charge is 2.30. The van der Waals surface area contributed by atoms with Gasteiger partial charge < -0.3 is 4.42 Å². The Kier molecular flexibility index (Phi) is 4.77. The highest BCUT2D eigenvalue weighted by Crippen LogP contribution is 2.26. The van der Waals surface area contributed by atoms with Gasteiger partial charge in [-0.3, -0.25) is 9.88 Å². The molecule has 0 amide bonds. The SMILES string of the molecule is Cc1cnc2c(S(=O)(=O)N3CCN(Cc4nc5ccccc5o4)CC3)cccc2c1. The third-order valence-electron chi connectivity index (χ3n) is 5.46. The number of nitrogens with zero attached hydrogens (tertiary/aromatic N) is 4. The number of pyridine rings is 1. The number of aryl methyl sites for hydroxylation is 1. The Morgan fingerprint density at radius 3 is 2.63 bits per heavy atom. The maximum atomic E-state index is 13.3. The lowest BCUT2D eigenvalue weighted by Crippen LogP contribution is -2.48. The van der Waals surface area contributed by atoms with E-state index >= 15 is 0 Å². The van der Waals surface area contributed by atoms with Gasteiger partial charge in [0, 0.05) is 37.8 Å². The van der Waals surface area contributed by atoms with Crippen LogP contribution in [0.2, 0.25) is 0 Å². The second-order valence-electron chi connectivity index (χ2n) is 7.60. The molecule has 3 heterocycles. The van der Waals surface area contributed by atoms with Crippen LogP contribution in [0.25, 0.3) is 22.0 Å². The summed E-state index contributed by atoms with van der Waals surface area (Å²) in [6.07, 6.45) is 1.71. The van der Waals surface area contributed by atoms with Crippen molar-refractivity contribution in [3.63, 3.8) is 0 Å². The van der Waals surface area contributed by atoms with Gasteiger partial charge in [0.25, 0.3) is 0 Å². The molecule has 0 saturated carbocycles. The Morgan fingerprint density at radius 2 is 1.83 bits per heavy atom. The lowest BCUT2D eigenvalue weighted by atomic mass is 10.2. The maximum Gasteiger partial charge on any atom is 0.245 e. The summed E-state index contributed by atoms with van der Waals surface area (Å²) in [5, 5.41) is 0.839. The molecule has 0 aliphatic carbocycles. The first-order chi connectivity index (χ1) is 14.5. The summed E-state index contributed by atoms with van der Waals surface area (Å²) >= 11 is 0. The number of benzene rings is 2. The summed E-state index contributed by atoms with van der Waals surface area (Å²) in [5.74, 6) is 0.654. The Morgan fingerprint density at radius 1 is 1.03 bits per heavy atom. The molecular weight excluding hydrogens is 400 g/mol. The van der Waals surface area contributed by atoms with E-state index in [9.17, 15) is 8.42 Å². The van der Waals surface area contributed by atoms with Gasteiger partial charge in [-0.05, 0) is 36.8 Å². The lowest BCUT2D eigenvalue weighted by molar-refractivity contribution is 0.169. The number of fused-ring (bicyclic) bond motifs is 2. The van der Waals surface area contributed by atoms with Crippen molar-refractivity contribution in [3.8, 4) is 0 Å². The van der Waals surface area contributed by atoms with E-state index in [-0.39, 0.29) is 4.90 Å². The van der Waals surface area contributed by atoms with E-state index in [1.54, 1.807) is 22.6 Å². The number of sulfonamides is 1. The smallest absolute Gasteiger partial charge is 0.245 e. The van der Waals surface area contributed by atoms with Crippen LogP contribution in [0.15, 0.2) is 64.0 Å². The second kappa shape index (κ2) is 7.46. The molecule has 0 spiro atoms. The van der Waals surface area contributed by atoms with E-state index in [1.165, 1.54) is 0 Å². The number of hydrogen-bond donors (Lipinski definition) is 0. The molecule has 0 unspecified atom stereocenters. The Labute approximate surface area is 175 Å². The summed E-state index contributed by atoms with van der Waals surface area (Å²) in [5.41, 5.74) is 3.14. The predicted molar refractivity (Wildman–Crippen MR) is 115 cm³/mol. The molecule has 1 fully saturated rings. The average Bonchev–Trinajstić information content (AvgIpc) is 3.15. The first-order valence-corrected chi connectivity index (χ1v) is 11.4. The molecule has 0 atom stereocenters. The molecule has 8 heteroatoms. The zero-order chi connectivity index (χ0) is 20.7. The number of aromatic nitrogens is 2. The molecule has 1 aliphatic heterocycles. The largest absolute Gasteiger partial charge is 0.439 e. The summed E-state index contributed by atoms with van der Waals surface area (Å²) in [7, 11) is -3.61. The van der Waals surface area contributed by atoms with Gasteiger partial charge in [0.1, 0.15) is 10.4 Å². The van der Waals surface area contributed by atoms with Gasteiger partial charge in [0.2, 0.25) is 15.9 Å². The molecular formula is C22H22N4O3S. The predicted octanol–water partition coefficient (Wildman–Crippen LogP) is 3.19. The van der Waals surface area contributed by atoms with Crippen molar-refractivity contribution in [3.05, 3.63) is 66.2 Å². The molecule has 0 N–H and O–H groups in total. The Balaban J connectivity index is 1.32. The average molecular weight is 423 g/mol. The van der Waals surface area contributed by atoms with E-state index in [2.05, 4.69) is 14.9 Å². The van der Waals surface area contributed by atoms with Crippen molar-refractivity contribution < 1.29 is 12.8 Å². The van der Waals surface area contributed by atoms with Crippen molar-refractivity contribution in [2.24, 2.45) is 0 Å². The van der Waals surface area contributed by atoms with Crippen LogP contribution in [-0.2, 0) is 16.6 Å². The van der Waals surface area contributed by atoms with Crippen LogP contribution in [0.1, 0.15) is 11.5 Å². The van der Waals surface area contributed by atoms with Crippen LogP contribution < -0.4 is 0 Å². The molecule has 2 aromatic heterocycles. The summed E-state index contributed by atoms with van der Waals surface area (Å²) in [4.78, 5) is 11.4. The molecule has 0 radical (unpaired) electrons. The molecule has 0 bridgehead atoms. The minimum atomic E-state index is -3.61. The van der Waals surface area contributed by atoms with Gasteiger partial charge in [0.15, 0.2) is 5.58 Å². The van der Waals surface area contributed by atoms with Crippen LogP contribution >= 0.6 is 0 Å². The van der Waals surface area contributed by atoms with Gasteiger partial charge in [-0.15, -0.1) is 0 Å². The lowest BCUT2D eigenvalue weighted by Gasteiger charge is -2.33. The van der Waals surface area contributed by atoms with Crippen molar-refractivity contribution in [2.75, 3.05) is 26.2 Å². The molecule has 2 aromatic carbocycles. The van der Waals surface area contributed by atoms with E-state index in [0.29, 0.717) is 44.1 Å². The molecule has 1 saturated heterocycles. The van der Waals surface area contributed by atoms with Crippen LogP contribution in [0.3, 0.4) is 0 Å². The Bertz CT molecular complexity index is 1290. The van der Waals surface area contributed by atoms with E-state index < -0.39 is 10.0 Å². The summed E-state index contributed by atoms with van der Waals surface area (Å²) in [6.45, 7) is 4.60. The highest BCUT2D eigenvalue weighted by molar-refractivity contribution is 7.89. The monoisotopic (exact) mass is 422 g/mol. The van der Waals surface area contributed by atoms with Crippen molar-refractivity contribution in [1.29, 1.82) is 0 Å². The van der Waals surface area contributed by atoms with E-state index in [0.717, 1.165) is 22.0 Å². The zero-order valence-corrected chi connectivity index (χ0v) is 17.5. The van der Waals surface area contributed by atoms with Gasteiger partial charge in [-0.1, -0.05) is 24.3 Å². The summed E-state index contributed by atoms with van der Waals surface area (Å²) in [6, 6.07) is 14.9. The normalized spacial score (nSPS) is 16.4. The topological polar surface area (TPSA) is 79.5 Å². The van der Waals surface area contributed by atoms with Gasteiger partial charge in [-0.2, -0.15) is 4.31 Å². The quantitative estimate of drug-likeness (QED) is 0.503. The molecule has 4 aromatic rings. The molecule has 1 aliphatic rings. The highest BCUT2D eigenvalue weighted by atomic mass is 32.2. The number of rotatable bonds is 4. The second-order valence-corrected chi connectivity index (χ2v) is 9.50. The van der Waals surface area contributed by atoms with Crippen LogP contribution in [0.4, 0.5) is 0 Å². The van der Waals surface area contributed by atoms with E-state index in [1.807, 2.05) is 43.3 Å². The van der Waals surface area contributed by atoms with Gasteiger partial charge in [0.05, 0.1) is 12.1 Å². The molecule has 154 valence electrons. The first kappa shape index (κ1) is 19.2. The van der Waals surface area contributed by atoms with Gasteiger partial charge >= 0.3 is 0 Å². The zero-order valence-electron chi connectivity index (χ0n) is 16.7. The number of piperazine rings is 1. The first-order valence-electron chi connectivity index (χ1n) is 9.93. The fraction of sp³-hybridized carbons (Fsp3) is 0.273. The standard InChI is InChI=1S/C22H22N4O3S/c1-16-13-17-5-4-8-20(22(17)23-14-16)30(27,28)26-11-9-25(10-12-26)15-21-24-18-6-2-3-7-19(18)29-21/h2-8,13-14H,9-12,15H2,1H3. The van der Waals surface area contributed by atoms with Crippen LogP contribution in [-0.4, -0.2) is 53.8 Å². The molecule has 5 rings (SSSR count). The summed E-state index contributed by atoms with van der Waals surface area (Å²) < 4.78 is 34.0. The van der Waals surface area contributed by atoms with Gasteiger partial charge in [-0.25, -0.2) is 13.4 Å². The van der Waals surface area contributed by atoms with Crippen molar-refractivity contribution in [2.45, 2.75) is 18.4 Å². The number of hydrogen-bond acceptors (Lipinski definition) is 6. The van der Waals surface area contributed by atoms with Crippen LogP contribution in [0, 0.1) is 6.92 Å². The number of para-hydroxylation sites is 3. The van der Waals surface area contributed by atoms with E-state index in [4.69, 9.17) is 4.42 Å². The van der Waals surface area contributed by atoms with Crippen molar-refractivity contribution in [1.82, 2.24) is 19.2 Å². The molecule has 7 nitrogen and oxygen atoms in total. The minimum Gasteiger partial charge on any atom is -0.439 e. The molecule has 30 heavy (non-hydrogen) atoms. The third kappa shape index (κ3) is 3.47. The van der Waals surface area contributed by atoms with Crippen LogP contribution in [0.5, 0.6) is 0 Å². The maximum absolute atomic E-state index is 13.3. The fourth-order valence-electron chi connectivity index (χ4n) is 3.90. The Hall–Kier alpha value is -2.81.